The molecule has 0 radical (unpaired) electrons. The summed E-state index contributed by atoms with van der Waals surface area (Å²) < 4.78 is 23.0. The van der Waals surface area contributed by atoms with E-state index in [9.17, 15) is 4.21 Å². The lowest BCUT2D eigenvalue weighted by Crippen LogP contribution is -2.22. The summed E-state index contributed by atoms with van der Waals surface area (Å²) in [6.45, 7) is 0. The monoisotopic (exact) mass is 586 g/mol. The molecule has 210 valence electrons. The Morgan fingerprint density at radius 3 is 1.66 bits per heavy atom. The molecule has 0 amide bonds. The van der Waals surface area contributed by atoms with E-state index in [1.807, 2.05) is 34.9 Å². The van der Waals surface area contributed by atoms with Crippen LogP contribution in [0.15, 0.2) is 149 Å². The molecular weight excluding hydrogens is 561 g/mol. The van der Waals surface area contributed by atoms with E-state index in [-0.39, 0.29) is 0 Å². The summed E-state index contributed by atoms with van der Waals surface area (Å²) >= 11 is 0. The molecule has 8 aromatic rings. The van der Waals surface area contributed by atoms with E-state index in [0.29, 0.717) is 10.9 Å². The maximum atomic E-state index is 14.0. The zero-order chi connectivity index (χ0) is 29.4. The fraction of sp³-hybridized carbons (Fsp3) is 0.0263. The van der Waals surface area contributed by atoms with E-state index < -0.39 is 9.73 Å². The minimum atomic E-state index is -2.79. The van der Waals surface area contributed by atoms with Gasteiger partial charge in [0.1, 0.15) is 9.73 Å². The highest BCUT2D eigenvalue weighted by Crippen LogP contribution is 2.39. The summed E-state index contributed by atoms with van der Waals surface area (Å²) in [5, 5.41) is 5.07. The fourth-order valence-electron chi connectivity index (χ4n) is 6.64. The molecule has 3 heterocycles. The Labute approximate surface area is 254 Å². The molecule has 1 aliphatic rings. The summed E-state index contributed by atoms with van der Waals surface area (Å²) in [5.74, 6) is 0. The van der Waals surface area contributed by atoms with Gasteiger partial charge in [0.25, 0.3) is 0 Å². The second-order valence-corrected chi connectivity index (χ2v) is 13.4. The van der Waals surface area contributed by atoms with Crippen molar-refractivity contribution in [3.63, 3.8) is 0 Å². The number of hydrogen-bond donors (Lipinski definition) is 0. The van der Waals surface area contributed by atoms with Gasteiger partial charge in [0.15, 0.2) is 0 Å². The molecule has 44 heavy (non-hydrogen) atoms. The van der Waals surface area contributed by atoms with Crippen molar-refractivity contribution in [3.8, 4) is 16.8 Å². The van der Waals surface area contributed by atoms with Crippen LogP contribution in [-0.2, 0) is 9.73 Å². The van der Waals surface area contributed by atoms with Gasteiger partial charge in [0, 0.05) is 33.5 Å². The van der Waals surface area contributed by atoms with Gasteiger partial charge >= 0.3 is 0 Å². The van der Waals surface area contributed by atoms with Crippen molar-refractivity contribution in [2.24, 2.45) is 9.36 Å². The quantitative estimate of drug-likeness (QED) is 0.199. The summed E-state index contributed by atoms with van der Waals surface area (Å²) in [5.41, 5.74) is 9.09. The van der Waals surface area contributed by atoms with Crippen molar-refractivity contribution in [3.05, 3.63) is 140 Å². The van der Waals surface area contributed by atoms with Gasteiger partial charge in [-0.25, -0.2) is 9.20 Å². The number of nitrogens with zero attached hydrogens (tertiary/aromatic N) is 4. The summed E-state index contributed by atoms with van der Waals surface area (Å²) in [7, 11) is -2.79. The third-order valence-electron chi connectivity index (χ3n) is 8.59. The van der Waals surface area contributed by atoms with Crippen molar-refractivity contribution >= 4 is 69.9 Å². The van der Waals surface area contributed by atoms with Gasteiger partial charge < -0.3 is 4.57 Å². The van der Waals surface area contributed by atoms with Crippen LogP contribution in [0.2, 0.25) is 0 Å². The number of benzene rings is 6. The van der Waals surface area contributed by atoms with E-state index in [2.05, 4.69) is 118 Å². The number of fused-ring (bicyclic) bond motifs is 7. The van der Waals surface area contributed by atoms with E-state index >= 15 is 0 Å². The average molecular weight is 587 g/mol. The molecule has 0 saturated carbocycles. The van der Waals surface area contributed by atoms with E-state index in [1.165, 1.54) is 21.8 Å². The van der Waals surface area contributed by atoms with Gasteiger partial charge in [0.05, 0.1) is 33.4 Å². The summed E-state index contributed by atoms with van der Waals surface area (Å²) in [6, 6.07) is 48.3. The smallest absolute Gasteiger partial charge is 0.213 e. The molecule has 9 rings (SSSR count). The molecular formula is C38H26N4OS. The second kappa shape index (κ2) is 9.27. The molecule has 1 aliphatic heterocycles. The highest BCUT2D eigenvalue weighted by molar-refractivity contribution is 8.07. The minimum Gasteiger partial charge on any atom is -0.309 e. The maximum Gasteiger partial charge on any atom is 0.213 e. The van der Waals surface area contributed by atoms with Crippen molar-refractivity contribution in [1.82, 2.24) is 9.13 Å². The SMILES string of the molecule is CS1(=O)=Nc2ccccc2N=C1n1c2ccccc2c2cc(-c3ccc4c(c3)c3ccccc3n4-c3ccccc3)ccc21. The van der Waals surface area contributed by atoms with Crippen LogP contribution in [0, 0.1) is 0 Å². The van der Waals surface area contributed by atoms with Crippen LogP contribution < -0.4 is 0 Å². The third-order valence-corrected chi connectivity index (χ3v) is 10.1. The van der Waals surface area contributed by atoms with Crippen LogP contribution in [0.3, 0.4) is 0 Å². The molecule has 6 aromatic carbocycles. The standard InChI is InChI=1S/C38H26N4OS/c1-44(43)38(39-32-15-7-8-16-33(32)40-44)42-35-18-10-6-14-29(35)31-24-26(20-22-37(31)42)25-19-21-36-30(23-25)28-13-5-9-17-34(28)41(36)27-11-3-2-4-12-27/h2-24H,1H3. The lowest BCUT2D eigenvalue weighted by molar-refractivity contribution is 0.687. The average Bonchev–Trinajstić information content (AvgIpc) is 3.56. The van der Waals surface area contributed by atoms with Crippen LogP contribution in [-0.4, -0.2) is 24.8 Å². The van der Waals surface area contributed by atoms with E-state index in [4.69, 9.17) is 4.99 Å². The highest BCUT2D eigenvalue weighted by Gasteiger charge is 2.25. The van der Waals surface area contributed by atoms with Gasteiger partial charge in [-0.15, -0.1) is 0 Å². The first-order valence-electron chi connectivity index (χ1n) is 14.6. The van der Waals surface area contributed by atoms with Crippen LogP contribution in [0.25, 0.3) is 60.4 Å². The third kappa shape index (κ3) is 3.64. The first kappa shape index (κ1) is 25.1. The molecule has 0 bridgehead atoms. The number of para-hydroxylation sites is 4. The van der Waals surface area contributed by atoms with Crippen LogP contribution in [0.4, 0.5) is 11.4 Å². The molecule has 0 N–H and O–H groups in total. The second-order valence-electron chi connectivity index (χ2n) is 11.3. The molecule has 6 heteroatoms. The molecule has 0 aliphatic carbocycles. The minimum absolute atomic E-state index is 0.463. The van der Waals surface area contributed by atoms with Crippen LogP contribution >= 0.6 is 0 Å². The van der Waals surface area contributed by atoms with E-state index in [0.717, 1.165) is 44.3 Å². The Bertz CT molecular complexity index is 2620. The Morgan fingerprint density at radius 1 is 0.500 bits per heavy atom. The summed E-state index contributed by atoms with van der Waals surface area (Å²) in [4.78, 5) is 4.92. The molecule has 0 saturated heterocycles. The topological polar surface area (TPSA) is 51.6 Å². The normalized spacial score (nSPS) is 16.3. The maximum absolute atomic E-state index is 14.0. The predicted octanol–water partition coefficient (Wildman–Crippen LogP) is 9.84. The summed E-state index contributed by atoms with van der Waals surface area (Å²) in [6.07, 6.45) is 1.68. The van der Waals surface area contributed by atoms with Crippen LogP contribution in [0.1, 0.15) is 0 Å². The Kier molecular flexibility index (Phi) is 5.28. The van der Waals surface area contributed by atoms with Gasteiger partial charge in [-0.2, -0.15) is 4.36 Å². The Morgan fingerprint density at radius 2 is 1.00 bits per heavy atom. The molecule has 5 nitrogen and oxygen atoms in total. The van der Waals surface area contributed by atoms with Gasteiger partial charge in [-0.1, -0.05) is 78.9 Å². The molecule has 1 unspecified atom stereocenters. The van der Waals surface area contributed by atoms with Gasteiger partial charge in [-0.3, -0.25) is 4.57 Å². The zero-order valence-corrected chi connectivity index (χ0v) is 24.7. The van der Waals surface area contributed by atoms with Crippen molar-refractivity contribution in [2.45, 2.75) is 0 Å². The lowest BCUT2D eigenvalue weighted by Gasteiger charge is -2.17. The number of hydrogen-bond acceptors (Lipinski definition) is 3. The van der Waals surface area contributed by atoms with Crippen molar-refractivity contribution in [2.75, 3.05) is 6.26 Å². The van der Waals surface area contributed by atoms with Crippen LogP contribution in [0.5, 0.6) is 0 Å². The molecule has 0 spiro atoms. The predicted molar refractivity (Wildman–Crippen MR) is 184 cm³/mol. The van der Waals surface area contributed by atoms with Crippen molar-refractivity contribution < 1.29 is 4.21 Å². The fourth-order valence-corrected chi connectivity index (χ4v) is 8.05. The Hall–Kier alpha value is -5.46. The largest absolute Gasteiger partial charge is 0.309 e. The molecule has 1 atom stereocenters. The lowest BCUT2D eigenvalue weighted by atomic mass is 10.0. The zero-order valence-electron chi connectivity index (χ0n) is 23.9. The first-order chi connectivity index (χ1) is 21.6. The van der Waals surface area contributed by atoms with E-state index in [1.54, 1.807) is 6.26 Å². The molecule has 0 fully saturated rings. The highest BCUT2D eigenvalue weighted by atomic mass is 32.2. The number of aromatic nitrogens is 2. The first-order valence-corrected chi connectivity index (χ1v) is 16.5. The number of aliphatic imine (C=N–C) groups is 1. The van der Waals surface area contributed by atoms with Crippen molar-refractivity contribution in [1.29, 1.82) is 0 Å². The molecule has 2 aromatic heterocycles. The Balaban J connectivity index is 1.26. The van der Waals surface area contributed by atoms with Gasteiger partial charge in [-0.05, 0) is 71.8 Å². The number of rotatable bonds is 2. The van der Waals surface area contributed by atoms with Gasteiger partial charge in [0.2, 0.25) is 5.17 Å².